The van der Waals surface area contributed by atoms with Gasteiger partial charge in [-0.05, 0) is 13.0 Å². The summed E-state index contributed by atoms with van der Waals surface area (Å²) in [5, 5.41) is 0. The molecule has 1 atom stereocenters. The first kappa shape index (κ1) is 17.1. The lowest BCUT2D eigenvalue weighted by atomic mass is 10.1. The average Bonchev–Trinajstić information content (AvgIpc) is 2.61. The van der Waals surface area contributed by atoms with E-state index < -0.39 is 0 Å². The van der Waals surface area contributed by atoms with Gasteiger partial charge in [-0.3, -0.25) is 0 Å². The van der Waals surface area contributed by atoms with Gasteiger partial charge in [0.05, 0.1) is 5.56 Å². The number of hydrogen-bond donors (Lipinski definition) is 0. The van der Waals surface area contributed by atoms with Gasteiger partial charge in [-0.15, -0.1) is 0 Å². The summed E-state index contributed by atoms with van der Waals surface area (Å²) in [6.07, 6.45) is -0.0706. The Labute approximate surface area is 99.6 Å². The van der Waals surface area contributed by atoms with Gasteiger partial charge in [0.15, 0.2) is 0 Å². The quantitative estimate of drug-likeness (QED) is 0.602. The SMILES string of the molecule is C.CC.CC.CC1OC(=O)c2ccccc21. The molecule has 0 amide bonds. The van der Waals surface area contributed by atoms with Gasteiger partial charge in [0.25, 0.3) is 0 Å². The number of rotatable bonds is 0. The van der Waals surface area contributed by atoms with Crippen molar-refractivity contribution in [2.45, 2.75) is 48.1 Å². The van der Waals surface area contributed by atoms with Gasteiger partial charge >= 0.3 is 5.97 Å². The van der Waals surface area contributed by atoms with Crippen molar-refractivity contribution in [3.8, 4) is 0 Å². The molecule has 0 aromatic heterocycles. The maximum atomic E-state index is 11.1. The van der Waals surface area contributed by atoms with Crippen LogP contribution in [0, 0.1) is 0 Å². The fraction of sp³-hybridized carbons (Fsp3) is 0.500. The van der Waals surface area contributed by atoms with Crippen LogP contribution in [0.1, 0.15) is 64.1 Å². The number of ether oxygens (including phenoxy) is 1. The van der Waals surface area contributed by atoms with Crippen molar-refractivity contribution >= 4 is 5.97 Å². The van der Waals surface area contributed by atoms with E-state index in [0.717, 1.165) is 5.56 Å². The zero-order valence-electron chi connectivity index (χ0n) is 10.2. The summed E-state index contributed by atoms with van der Waals surface area (Å²) in [6.45, 7) is 9.88. The Bertz CT molecular complexity index is 305. The summed E-state index contributed by atoms with van der Waals surface area (Å²) >= 11 is 0. The third kappa shape index (κ3) is 3.69. The summed E-state index contributed by atoms with van der Waals surface area (Å²) in [7, 11) is 0. The second kappa shape index (κ2) is 8.96. The Morgan fingerprint density at radius 3 is 2.06 bits per heavy atom. The highest BCUT2D eigenvalue weighted by Crippen LogP contribution is 2.29. The molecule has 0 saturated heterocycles. The van der Waals surface area contributed by atoms with Gasteiger partial charge in [0, 0.05) is 5.56 Å². The van der Waals surface area contributed by atoms with Gasteiger partial charge in [0.1, 0.15) is 6.10 Å². The van der Waals surface area contributed by atoms with Gasteiger partial charge in [-0.25, -0.2) is 4.79 Å². The van der Waals surface area contributed by atoms with Crippen LogP contribution in [-0.2, 0) is 4.74 Å². The molecule has 0 fully saturated rings. The van der Waals surface area contributed by atoms with Crippen molar-refractivity contribution in [1.82, 2.24) is 0 Å². The zero-order chi connectivity index (χ0) is 11.8. The van der Waals surface area contributed by atoms with Crippen LogP contribution in [0.25, 0.3) is 0 Å². The molecule has 2 nitrogen and oxygen atoms in total. The minimum atomic E-state index is -0.201. The van der Waals surface area contributed by atoms with Crippen molar-refractivity contribution in [3.05, 3.63) is 35.4 Å². The Kier molecular flexibility index (Phi) is 9.57. The van der Waals surface area contributed by atoms with Crippen LogP contribution in [0.3, 0.4) is 0 Å². The number of fused-ring (bicyclic) bond motifs is 1. The molecule has 0 spiro atoms. The molecule has 1 heterocycles. The lowest BCUT2D eigenvalue weighted by molar-refractivity contribution is 0.0422. The predicted molar refractivity (Wildman–Crippen MR) is 69.7 cm³/mol. The highest BCUT2D eigenvalue weighted by molar-refractivity contribution is 5.93. The highest BCUT2D eigenvalue weighted by Gasteiger charge is 2.26. The smallest absolute Gasteiger partial charge is 0.339 e. The number of benzene rings is 1. The maximum absolute atomic E-state index is 11.1. The van der Waals surface area contributed by atoms with E-state index in [4.69, 9.17) is 4.74 Å². The first-order chi connectivity index (χ1) is 7.29. The standard InChI is InChI=1S/C9H8O2.2C2H6.CH4/c1-6-7-4-2-3-5-8(7)9(10)11-6;2*1-2;/h2-6H,1H3;2*1-2H3;1H4. The average molecular weight is 224 g/mol. The molecule has 0 N–H and O–H groups in total. The summed E-state index contributed by atoms with van der Waals surface area (Å²) in [5.41, 5.74) is 1.71. The highest BCUT2D eigenvalue weighted by atomic mass is 16.5. The van der Waals surface area contributed by atoms with Crippen LogP contribution in [0.2, 0.25) is 0 Å². The van der Waals surface area contributed by atoms with Crippen molar-refractivity contribution < 1.29 is 9.53 Å². The minimum absolute atomic E-state index is 0. The van der Waals surface area contributed by atoms with Crippen molar-refractivity contribution in [3.63, 3.8) is 0 Å². The van der Waals surface area contributed by atoms with E-state index in [-0.39, 0.29) is 19.5 Å². The molecule has 1 aromatic carbocycles. The van der Waals surface area contributed by atoms with Crippen LogP contribution in [-0.4, -0.2) is 5.97 Å². The van der Waals surface area contributed by atoms with Crippen molar-refractivity contribution in [1.29, 1.82) is 0 Å². The number of esters is 1. The van der Waals surface area contributed by atoms with E-state index in [2.05, 4.69) is 0 Å². The molecule has 2 rings (SSSR count). The molecular formula is C14H24O2. The molecule has 1 aliphatic rings. The molecule has 2 heteroatoms. The van der Waals surface area contributed by atoms with Gasteiger partial charge in [0.2, 0.25) is 0 Å². The van der Waals surface area contributed by atoms with E-state index in [9.17, 15) is 4.79 Å². The molecule has 1 aliphatic heterocycles. The Morgan fingerprint density at radius 2 is 1.56 bits per heavy atom. The molecule has 92 valence electrons. The van der Waals surface area contributed by atoms with Crippen LogP contribution >= 0.6 is 0 Å². The number of hydrogen-bond acceptors (Lipinski definition) is 2. The molecule has 0 saturated carbocycles. The monoisotopic (exact) mass is 224 g/mol. The lowest BCUT2D eigenvalue weighted by Gasteiger charge is -1.99. The van der Waals surface area contributed by atoms with E-state index in [1.165, 1.54) is 0 Å². The van der Waals surface area contributed by atoms with Crippen molar-refractivity contribution in [2.24, 2.45) is 0 Å². The van der Waals surface area contributed by atoms with E-state index in [0.29, 0.717) is 5.56 Å². The van der Waals surface area contributed by atoms with E-state index in [1.54, 1.807) is 6.07 Å². The van der Waals surface area contributed by atoms with Crippen LogP contribution < -0.4 is 0 Å². The first-order valence-electron chi connectivity index (χ1n) is 5.59. The zero-order valence-corrected chi connectivity index (χ0v) is 10.2. The fourth-order valence-electron chi connectivity index (χ4n) is 1.32. The summed E-state index contributed by atoms with van der Waals surface area (Å²) in [5.74, 6) is -0.201. The molecule has 16 heavy (non-hydrogen) atoms. The molecular weight excluding hydrogens is 200 g/mol. The van der Waals surface area contributed by atoms with Crippen LogP contribution in [0.5, 0.6) is 0 Å². The normalized spacial score (nSPS) is 15.3. The Hall–Kier alpha value is -1.31. The molecule has 0 aliphatic carbocycles. The number of carbonyl (C=O) groups excluding carboxylic acids is 1. The van der Waals surface area contributed by atoms with Crippen LogP contribution in [0.15, 0.2) is 24.3 Å². The second-order valence-corrected chi connectivity index (χ2v) is 2.63. The van der Waals surface area contributed by atoms with Gasteiger partial charge < -0.3 is 4.74 Å². The summed E-state index contributed by atoms with van der Waals surface area (Å²) in [6, 6.07) is 7.47. The largest absolute Gasteiger partial charge is 0.454 e. The van der Waals surface area contributed by atoms with Crippen molar-refractivity contribution in [2.75, 3.05) is 0 Å². The maximum Gasteiger partial charge on any atom is 0.339 e. The molecule has 1 unspecified atom stereocenters. The van der Waals surface area contributed by atoms with E-state index >= 15 is 0 Å². The van der Waals surface area contributed by atoms with E-state index in [1.807, 2.05) is 52.8 Å². The number of carbonyl (C=O) groups is 1. The lowest BCUT2D eigenvalue weighted by Crippen LogP contribution is -1.93. The number of cyclic esters (lactones) is 1. The first-order valence-corrected chi connectivity index (χ1v) is 5.59. The molecule has 0 radical (unpaired) electrons. The topological polar surface area (TPSA) is 26.3 Å². The van der Waals surface area contributed by atoms with Gasteiger partial charge in [-0.1, -0.05) is 53.3 Å². The molecule has 1 aromatic rings. The third-order valence-electron chi connectivity index (χ3n) is 1.90. The minimum Gasteiger partial charge on any atom is -0.454 e. The predicted octanol–water partition coefficient (Wildman–Crippen LogP) is 4.61. The summed E-state index contributed by atoms with van der Waals surface area (Å²) < 4.78 is 4.99. The third-order valence-corrected chi connectivity index (χ3v) is 1.90. The van der Waals surface area contributed by atoms with Crippen LogP contribution in [0.4, 0.5) is 0 Å². The summed E-state index contributed by atoms with van der Waals surface area (Å²) in [4.78, 5) is 11.1. The fourth-order valence-corrected chi connectivity index (χ4v) is 1.32. The van der Waals surface area contributed by atoms with Gasteiger partial charge in [-0.2, -0.15) is 0 Å². The molecule has 0 bridgehead atoms. The Morgan fingerprint density at radius 1 is 1.06 bits per heavy atom. The Balaban J connectivity index is 0. The second-order valence-electron chi connectivity index (χ2n) is 2.63.